The van der Waals surface area contributed by atoms with Crippen LogP contribution in [0.2, 0.25) is 10.0 Å². The van der Waals surface area contributed by atoms with Gasteiger partial charge in [-0.15, -0.1) is 0 Å². The van der Waals surface area contributed by atoms with Gasteiger partial charge in [-0.25, -0.2) is 0 Å². The van der Waals surface area contributed by atoms with Gasteiger partial charge >= 0.3 is 0 Å². The van der Waals surface area contributed by atoms with Crippen molar-refractivity contribution in [3.63, 3.8) is 0 Å². The van der Waals surface area contributed by atoms with Gasteiger partial charge in [0, 0.05) is 55.4 Å². The van der Waals surface area contributed by atoms with Crippen molar-refractivity contribution in [2.45, 2.75) is 12.5 Å². The molecule has 6 nitrogen and oxygen atoms in total. The van der Waals surface area contributed by atoms with E-state index >= 15 is 0 Å². The Labute approximate surface area is 194 Å². The average molecular weight is 469 g/mol. The number of halogens is 2. The third-order valence-corrected chi connectivity index (χ3v) is 6.04. The lowest BCUT2D eigenvalue weighted by Gasteiger charge is -2.35. The van der Waals surface area contributed by atoms with Crippen molar-refractivity contribution in [3.05, 3.63) is 52.0 Å². The third kappa shape index (κ3) is 7.16. The molecule has 3 rings (SSSR count). The molecule has 0 bridgehead atoms. The Morgan fingerprint density at radius 1 is 0.935 bits per heavy atom. The number of β-amino-alcohol motifs (C(OH)–C–C–N with tert-alkyl or cyclic N) is 1. The van der Waals surface area contributed by atoms with Crippen LogP contribution in [-0.4, -0.2) is 81.1 Å². The van der Waals surface area contributed by atoms with Crippen molar-refractivity contribution in [2.75, 3.05) is 60.1 Å². The topological polar surface area (TPSA) is 54.4 Å². The maximum atomic E-state index is 10.4. The Morgan fingerprint density at radius 2 is 1.68 bits per heavy atom. The van der Waals surface area contributed by atoms with E-state index in [-0.39, 0.29) is 6.61 Å². The second-order valence-electron chi connectivity index (χ2n) is 7.61. The van der Waals surface area contributed by atoms with Crippen molar-refractivity contribution in [3.8, 4) is 17.2 Å². The summed E-state index contributed by atoms with van der Waals surface area (Å²) in [5.74, 6) is 1.86. The van der Waals surface area contributed by atoms with E-state index in [1.807, 2.05) is 18.2 Å². The molecule has 31 heavy (non-hydrogen) atoms. The van der Waals surface area contributed by atoms with Crippen molar-refractivity contribution in [2.24, 2.45) is 0 Å². The number of aliphatic hydroxyl groups excluding tert-OH is 1. The second kappa shape index (κ2) is 11.8. The first-order valence-electron chi connectivity index (χ1n) is 10.4. The zero-order valence-corrected chi connectivity index (χ0v) is 19.5. The molecule has 1 atom stereocenters. The summed E-state index contributed by atoms with van der Waals surface area (Å²) in [5.41, 5.74) is 1.12. The largest absolute Gasteiger partial charge is 0.497 e. The quantitative estimate of drug-likeness (QED) is 0.574. The monoisotopic (exact) mass is 468 g/mol. The lowest BCUT2D eigenvalue weighted by molar-refractivity contribution is 0.0456. The zero-order valence-electron chi connectivity index (χ0n) is 18.0. The first-order valence-corrected chi connectivity index (χ1v) is 11.2. The molecule has 1 aliphatic heterocycles. The molecule has 8 heteroatoms. The highest BCUT2D eigenvalue weighted by Gasteiger charge is 2.20. The lowest BCUT2D eigenvalue weighted by atomic mass is 10.1. The number of benzene rings is 2. The SMILES string of the molecule is COc1ccc(OC)c(OCC(O)CN2CCN(CCc3ccc(Cl)cc3Cl)CC2)c1. The van der Waals surface area contributed by atoms with Crippen LogP contribution in [0.1, 0.15) is 5.56 Å². The van der Waals surface area contributed by atoms with Gasteiger partial charge in [0.2, 0.25) is 0 Å². The highest BCUT2D eigenvalue weighted by Crippen LogP contribution is 2.31. The number of piperazine rings is 1. The molecule has 0 radical (unpaired) electrons. The molecule has 1 heterocycles. The van der Waals surface area contributed by atoms with Gasteiger partial charge in [-0.1, -0.05) is 29.3 Å². The number of aliphatic hydroxyl groups is 1. The third-order valence-electron chi connectivity index (χ3n) is 5.45. The van der Waals surface area contributed by atoms with E-state index in [1.165, 1.54) is 0 Å². The van der Waals surface area contributed by atoms with Gasteiger partial charge < -0.3 is 24.2 Å². The Kier molecular flexibility index (Phi) is 9.11. The first kappa shape index (κ1) is 24.0. The molecule has 2 aromatic carbocycles. The van der Waals surface area contributed by atoms with Gasteiger partial charge in [-0.05, 0) is 36.2 Å². The standard InChI is InChI=1S/C23H30Cl2N2O4/c1-29-20-5-6-22(30-2)23(14-20)31-16-19(28)15-27-11-9-26(10-12-27)8-7-17-3-4-18(24)13-21(17)25/h3-6,13-14,19,28H,7-12,15-16H2,1-2H3. The summed E-state index contributed by atoms with van der Waals surface area (Å²) in [7, 11) is 3.19. The van der Waals surface area contributed by atoms with Crippen LogP contribution in [0.5, 0.6) is 17.2 Å². The molecule has 1 unspecified atom stereocenters. The van der Waals surface area contributed by atoms with Crippen molar-refractivity contribution >= 4 is 23.2 Å². The van der Waals surface area contributed by atoms with Gasteiger partial charge in [0.15, 0.2) is 11.5 Å². The van der Waals surface area contributed by atoms with E-state index < -0.39 is 6.10 Å². The molecule has 170 valence electrons. The highest BCUT2D eigenvalue weighted by atomic mass is 35.5. The normalized spacial score (nSPS) is 16.2. The first-order chi connectivity index (χ1) is 15.0. The fourth-order valence-electron chi connectivity index (χ4n) is 3.63. The van der Waals surface area contributed by atoms with E-state index in [2.05, 4.69) is 9.80 Å². The molecule has 2 aromatic rings. The number of hydrogen-bond acceptors (Lipinski definition) is 6. The van der Waals surface area contributed by atoms with E-state index in [1.54, 1.807) is 32.4 Å². The predicted octanol–water partition coefficient (Wildman–Crippen LogP) is 3.61. The van der Waals surface area contributed by atoms with Gasteiger partial charge in [-0.2, -0.15) is 0 Å². The van der Waals surface area contributed by atoms with Crippen molar-refractivity contribution < 1.29 is 19.3 Å². The van der Waals surface area contributed by atoms with Crippen LogP contribution < -0.4 is 14.2 Å². The molecule has 1 aliphatic rings. The van der Waals surface area contributed by atoms with Crippen LogP contribution in [0, 0.1) is 0 Å². The Bertz CT molecular complexity index is 844. The number of methoxy groups -OCH3 is 2. The summed E-state index contributed by atoms with van der Waals surface area (Å²) in [6.07, 6.45) is 0.310. The molecule has 1 N–H and O–H groups in total. The molecule has 0 aliphatic carbocycles. The Balaban J connectivity index is 1.39. The molecule has 0 amide bonds. The summed E-state index contributed by atoms with van der Waals surface area (Å²) in [4.78, 5) is 4.69. The van der Waals surface area contributed by atoms with Crippen LogP contribution in [0.4, 0.5) is 0 Å². The smallest absolute Gasteiger partial charge is 0.164 e. The Morgan fingerprint density at radius 3 is 2.35 bits per heavy atom. The number of ether oxygens (including phenoxy) is 3. The molecular formula is C23H30Cl2N2O4. The summed E-state index contributed by atoms with van der Waals surface area (Å²) >= 11 is 12.2. The molecule has 1 fully saturated rings. The lowest BCUT2D eigenvalue weighted by Crippen LogP contribution is -2.49. The molecule has 0 saturated carbocycles. The number of rotatable bonds is 10. The van der Waals surface area contributed by atoms with E-state index in [0.29, 0.717) is 28.8 Å². The number of hydrogen-bond donors (Lipinski definition) is 1. The minimum absolute atomic E-state index is 0.193. The maximum absolute atomic E-state index is 10.4. The summed E-state index contributed by atoms with van der Waals surface area (Å²) < 4.78 is 16.3. The van der Waals surface area contributed by atoms with Gasteiger partial charge in [0.25, 0.3) is 0 Å². The molecule has 0 aromatic heterocycles. The maximum Gasteiger partial charge on any atom is 0.164 e. The van der Waals surface area contributed by atoms with Gasteiger partial charge in [-0.3, -0.25) is 4.90 Å². The summed E-state index contributed by atoms with van der Waals surface area (Å²) in [6, 6.07) is 11.0. The number of nitrogens with zero attached hydrogens (tertiary/aromatic N) is 2. The van der Waals surface area contributed by atoms with Crippen molar-refractivity contribution in [1.29, 1.82) is 0 Å². The van der Waals surface area contributed by atoms with Crippen LogP contribution in [0.15, 0.2) is 36.4 Å². The van der Waals surface area contributed by atoms with Crippen molar-refractivity contribution in [1.82, 2.24) is 9.80 Å². The van der Waals surface area contributed by atoms with E-state index in [9.17, 15) is 5.11 Å². The highest BCUT2D eigenvalue weighted by molar-refractivity contribution is 6.35. The van der Waals surface area contributed by atoms with Crippen LogP contribution >= 0.6 is 23.2 Å². The Hall–Kier alpha value is -1.70. The molecular weight excluding hydrogens is 439 g/mol. The van der Waals surface area contributed by atoms with Gasteiger partial charge in [0.05, 0.1) is 14.2 Å². The van der Waals surface area contributed by atoms with Crippen LogP contribution in [0.25, 0.3) is 0 Å². The fourth-order valence-corrected chi connectivity index (χ4v) is 4.13. The average Bonchev–Trinajstić information content (AvgIpc) is 2.78. The van der Waals surface area contributed by atoms with E-state index in [0.717, 1.165) is 49.7 Å². The van der Waals surface area contributed by atoms with E-state index in [4.69, 9.17) is 37.4 Å². The van der Waals surface area contributed by atoms with Crippen LogP contribution in [-0.2, 0) is 6.42 Å². The summed E-state index contributed by atoms with van der Waals surface area (Å²) in [6.45, 7) is 5.46. The minimum Gasteiger partial charge on any atom is -0.497 e. The summed E-state index contributed by atoms with van der Waals surface area (Å²) in [5, 5.41) is 11.8. The zero-order chi connectivity index (χ0) is 22.2. The molecule has 0 spiro atoms. The van der Waals surface area contributed by atoms with Gasteiger partial charge in [0.1, 0.15) is 18.5 Å². The fraction of sp³-hybridized carbons (Fsp3) is 0.478. The predicted molar refractivity (Wildman–Crippen MR) is 124 cm³/mol. The second-order valence-corrected chi connectivity index (χ2v) is 8.45. The van der Waals surface area contributed by atoms with Crippen LogP contribution in [0.3, 0.4) is 0 Å². The minimum atomic E-state index is -0.588. The molecule has 1 saturated heterocycles.